The largest absolute Gasteiger partial charge is 0.394 e. The number of nitrogens with zero attached hydrogens (tertiary/aromatic N) is 3. The van der Waals surface area contributed by atoms with E-state index < -0.39 is 36.2 Å². The molecule has 0 bridgehead atoms. The van der Waals surface area contributed by atoms with Crippen molar-refractivity contribution in [3.63, 3.8) is 0 Å². The number of hydrogen-bond acceptors (Lipinski definition) is 8. The van der Waals surface area contributed by atoms with Crippen LogP contribution in [0, 0.1) is 0 Å². The third kappa shape index (κ3) is 2.06. The van der Waals surface area contributed by atoms with Crippen LogP contribution in [0.4, 0.5) is 5.95 Å². The topological polar surface area (TPSA) is 144 Å². The average molecular weight is 308 g/mol. The van der Waals surface area contributed by atoms with Gasteiger partial charge in [0.1, 0.15) is 17.8 Å². The van der Waals surface area contributed by atoms with Crippen LogP contribution in [-0.2, 0) is 4.74 Å². The Balaban J connectivity index is 2.16. The molecule has 0 saturated carbocycles. The Morgan fingerprint density at radius 2 is 2.23 bits per heavy atom. The van der Waals surface area contributed by atoms with Crippen LogP contribution in [0.25, 0.3) is 11.4 Å². The summed E-state index contributed by atoms with van der Waals surface area (Å²) in [4.78, 5) is 19.4. The average Bonchev–Trinajstić information content (AvgIpc) is 2.69. The zero-order valence-electron chi connectivity index (χ0n) is 11.7. The lowest BCUT2D eigenvalue weighted by Gasteiger charge is -2.29. The molecule has 22 heavy (non-hydrogen) atoms. The lowest BCUT2D eigenvalue weighted by molar-refractivity contribution is -0.0964. The molecule has 118 valence electrons. The molecule has 3 aliphatic rings. The maximum Gasteiger partial charge on any atom is 0.284 e. The molecule has 5 N–H and O–H groups in total. The normalized spacial score (nSPS) is 31.7. The fraction of sp³-hybridized carbons (Fsp3) is 0.462. The van der Waals surface area contributed by atoms with Gasteiger partial charge in [-0.3, -0.25) is 4.79 Å². The zero-order chi connectivity index (χ0) is 16.1. The summed E-state index contributed by atoms with van der Waals surface area (Å²) in [6, 6.07) is 3.10. The smallest absolute Gasteiger partial charge is 0.284 e. The predicted molar refractivity (Wildman–Crippen MR) is 75.0 cm³/mol. The van der Waals surface area contributed by atoms with Crippen LogP contribution in [-0.4, -0.2) is 54.3 Å². The van der Waals surface area contributed by atoms with E-state index in [-0.39, 0.29) is 17.3 Å². The van der Waals surface area contributed by atoms with Gasteiger partial charge in [-0.2, -0.15) is 9.97 Å². The fourth-order valence-electron chi connectivity index (χ4n) is 2.68. The van der Waals surface area contributed by atoms with Crippen LogP contribution < -0.4 is 11.3 Å². The number of anilines is 1. The van der Waals surface area contributed by atoms with Crippen LogP contribution in [0.5, 0.6) is 0 Å². The minimum absolute atomic E-state index is 0.177. The summed E-state index contributed by atoms with van der Waals surface area (Å²) in [5, 5.41) is 29.8. The van der Waals surface area contributed by atoms with E-state index in [9.17, 15) is 20.1 Å². The SMILES string of the molecule is CC1(O)C(O)[C@@H](CO)O[C@H]1n1cccc2c(=O)nc(N)nc1-2. The Morgan fingerprint density at radius 1 is 1.50 bits per heavy atom. The van der Waals surface area contributed by atoms with Crippen molar-refractivity contribution in [3.8, 4) is 11.4 Å². The summed E-state index contributed by atoms with van der Waals surface area (Å²) in [7, 11) is 0. The molecule has 4 atom stereocenters. The summed E-state index contributed by atoms with van der Waals surface area (Å²) < 4.78 is 6.92. The number of fused-ring (bicyclic) bond motifs is 1. The first-order chi connectivity index (χ1) is 10.4. The van der Waals surface area contributed by atoms with Gasteiger partial charge in [0.2, 0.25) is 5.95 Å². The predicted octanol–water partition coefficient (Wildman–Crippen LogP) is -1.67. The number of aromatic nitrogens is 3. The zero-order valence-corrected chi connectivity index (χ0v) is 11.7. The molecule has 0 aromatic carbocycles. The molecule has 0 aromatic rings. The van der Waals surface area contributed by atoms with Crippen molar-refractivity contribution in [2.45, 2.75) is 31.0 Å². The summed E-state index contributed by atoms with van der Waals surface area (Å²) in [6.07, 6.45) is -1.75. The second kappa shape index (κ2) is 4.99. The fourth-order valence-corrected chi connectivity index (χ4v) is 2.68. The molecule has 0 amide bonds. The van der Waals surface area contributed by atoms with Crippen molar-refractivity contribution in [3.05, 3.63) is 28.7 Å². The molecule has 1 fully saturated rings. The molecule has 3 heterocycles. The van der Waals surface area contributed by atoms with Crippen molar-refractivity contribution in [1.82, 2.24) is 14.5 Å². The van der Waals surface area contributed by atoms with Gasteiger partial charge in [-0.25, -0.2) is 0 Å². The number of pyridine rings is 1. The standard InChI is InChI=1S/C13H16N4O5/c1-13(21)8(19)7(5-18)22-11(13)17-4-2-3-6-9(17)15-12(14)16-10(6)20/h2-4,7-8,11,18-19,21H,5H2,1H3,(H2,14,16,20)/t7-,8?,11-,13?/m1/s1. The molecular formula is C13H16N4O5. The lowest BCUT2D eigenvalue weighted by atomic mass is 9.96. The summed E-state index contributed by atoms with van der Waals surface area (Å²) in [6.45, 7) is 0.926. The van der Waals surface area contributed by atoms with Crippen molar-refractivity contribution < 1.29 is 20.1 Å². The van der Waals surface area contributed by atoms with Gasteiger partial charge in [-0.05, 0) is 19.1 Å². The van der Waals surface area contributed by atoms with Gasteiger partial charge in [-0.1, -0.05) is 0 Å². The second-order valence-electron chi connectivity index (χ2n) is 5.42. The van der Waals surface area contributed by atoms with E-state index in [0.717, 1.165) is 0 Å². The third-order valence-corrected chi connectivity index (χ3v) is 3.85. The number of nitrogens with two attached hydrogens (primary N) is 1. The Bertz CT molecular complexity index is 731. The van der Waals surface area contributed by atoms with Crippen LogP contribution in [0.15, 0.2) is 23.1 Å². The lowest BCUT2D eigenvalue weighted by Crippen LogP contribution is -2.44. The van der Waals surface area contributed by atoms with Crippen LogP contribution in [0.1, 0.15) is 13.2 Å². The first-order valence-corrected chi connectivity index (χ1v) is 6.67. The summed E-state index contributed by atoms with van der Waals surface area (Å²) in [5.74, 6) is -0.0228. The van der Waals surface area contributed by atoms with Gasteiger partial charge >= 0.3 is 0 Å². The highest BCUT2D eigenvalue weighted by molar-refractivity contribution is 5.56. The number of hydrogen-bond donors (Lipinski definition) is 4. The number of ether oxygens (including phenoxy) is 1. The van der Waals surface area contributed by atoms with Crippen molar-refractivity contribution >= 4 is 5.95 Å². The van der Waals surface area contributed by atoms with E-state index in [1.165, 1.54) is 17.6 Å². The third-order valence-electron chi connectivity index (χ3n) is 3.85. The molecule has 3 rings (SSSR count). The number of aliphatic hydroxyl groups is 3. The van der Waals surface area contributed by atoms with Crippen LogP contribution >= 0.6 is 0 Å². The van der Waals surface area contributed by atoms with Gasteiger partial charge in [0, 0.05) is 6.20 Å². The van der Waals surface area contributed by atoms with Crippen LogP contribution in [0.2, 0.25) is 0 Å². The van der Waals surface area contributed by atoms with Gasteiger partial charge in [0.05, 0.1) is 12.2 Å². The Hall–Kier alpha value is -2.07. The Labute approximate surface area is 125 Å². The molecule has 1 saturated heterocycles. The Kier molecular flexibility index (Phi) is 3.37. The molecule has 3 aliphatic heterocycles. The van der Waals surface area contributed by atoms with E-state index in [1.54, 1.807) is 12.3 Å². The van der Waals surface area contributed by atoms with Crippen LogP contribution in [0.3, 0.4) is 0 Å². The van der Waals surface area contributed by atoms with Crippen molar-refractivity contribution in [2.75, 3.05) is 12.3 Å². The van der Waals surface area contributed by atoms with E-state index >= 15 is 0 Å². The van der Waals surface area contributed by atoms with E-state index in [2.05, 4.69) is 9.97 Å². The molecule has 9 nitrogen and oxygen atoms in total. The van der Waals surface area contributed by atoms with Gasteiger partial charge in [-0.15, -0.1) is 0 Å². The maximum atomic E-state index is 11.9. The quantitative estimate of drug-likeness (QED) is 0.515. The Morgan fingerprint density at radius 3 is 2.86 bits per heavy atom. The van der Waals surface area contributed by atoms with E-state index in [0.29, 0.717) is 0 Å². The first kappa shape index (κ1) is 14.9. The van der Waals surface area contributed by atoms with E-state index in [1.807, 2.05) is 0 Å². The monoisotopic (exact) mass is 308 g/mol. The van der Waals surface area contributed by atoms with E-state index in [4.69, 9.17) is 10.5 Å². The van der Waals surface area contributed by atoms with Gasteiger partial charge in [0.15, 0.2) is 12.1 Å². The second-order valence-corrected chi connectivity index (χ2v) is 5.42. The highest BCUT2D eigenvalue weighted by Gasteiger charge is 2.53. The number of nitrogen functional groups attached to an aromatic ring is 1. The van der Waals surface area contributed by atoms with Gasteiger partial charge < -0.3 is 30.4 Å². The molecule has 0 aromatic heterocycles. The molecule has 9 heteroatoms. The minimum atomic E-state index is -1.69. The molecule has 2 unspecified atom stereocenters. The number of aliphatic hydroxyl groups excluding tert-OH is 2. The van der Waals surface area contributed by atoms with Crippen molar-refractivity contribution in [1.29, 1.82) is 0 Å². The highest BCUT2D eigenvalue weighted by Crippen LogP contribution is 2.39. The minimum Gasteiger partial charge on any atom is -0.394 e. The molecule has 0 spiro atoms. The number of rotatable bonds is 2. The molecule has 0 aliphatic carbocycles. The summed E-state index contributed by atoms with van der Waals surface area (Å²) in [5.41, 5.74) is 3.49. The summed E-state index contributed by atoms with van der Waals surface area (Å²) >= 11 is 0. The van der Waals surface area contributed by atoms with Gasteiger partial charge in [0.25, 0.3) is 5.56 Å². The van der Waals surface area contributed by atoms with Crippen molar-refractivity contribution in [2.24, 2.45) is 0 Å². The highest BCUT2D eigenvalue weighted by atomic mass is 16.6. The first-order valence-electron chi connectivity index (χ1n) is 6.67. The molecule has 0 radical (unpaired) electrons. The maximum absolute atomic E-state index is 11.9. The molecular weight excluding hydrogens is 292 g/mol.